The summed E-state index contributed by atoms with van der Waals surface area (Å²) in [6.07, 6.45) is 5.69. The SMILES string of the molecule is O=C1[C@H]2CC=CC[C@H]2C(=O)N1c1nc2n(n1)[C@@H](c1ccc(F)cc1)C[C@H](c1ccccc1)N2. The molecule has 3 aromatic rings. The summed E-state index contributed by atoms with van der Waals surface area (Å²) in [6, 6.07) is 16.1. The topological polar surface area (TPSA) is 80.1 Å². The summed E-state index contributed by atoms with van der Waals surface area (Å²) in [7, 11) is 0. The Morgan fingerprint density at radius 1 is 0.879 bits per heavy atom. The van der Waals surface area contributed by atoms with E-state index in [4.69, 9.17) is 0 Å². The summed E-state index contributed by atoms with van der Waals surface area (Å²) in [5.74, 6) is -0.903. The van der Waals surface area contributed by atoms with Crippen molar-refractivity contribution in [2.75, 3.05) is 10.2 Å². The van der Waals surface area contributed by atoms with E-state index in [1.807, 2.05) is 42.5 Å². The minimum absolute atomic E-state index is 0.0532. The number of fused-ring (bicyclic) bond motifs is 2. The number of nitrogens with zero attached hydrogens (tertiary/aromatic N) is 4. The number of aromatic nitrogens is 3. The molecule has 0 bridgehead atoms. The van der Waals surface area contributed by atoms with Crippen LogP contribution in [0.25, 0.3) is 0 Å². The lowest BCUT2D eigenvalue weighted by Gasteiger charge is -2.31. The number of amides is 2. The van der Waals surface area contributed by atoms with Crippen molar-refractivity contribution in [1.82, 2.24) is 14.8 Å². The molecule has 166 valence electrons. The van der Waals surface area contributed by atoms with E-state index < -0.39 is 0 Å². The highest BCUT2D eigenvalue weighted by Crippen LogP contribution is 2.41. The molecule has 1 aromatic heterocycles. The lowest BCUT2D eigenvalue weighted by Crippen LogP contribution is -2.32. The van der Waals surface area contributed by atoms with Crippen LogP contribution in [0.2, 0.25) is 0 Å². The molecule has 2 aliphatic heterocycles. The Morgan fingerprint density at radius 3 is 2.21 bits per heavy atom. The normalized spacial score (nSPS) is 26.2. The largest absolute Gasteiger partial charge is 0.347 e. The number of hydrogen-bond acceptors (Lipinski definition) is 5. The average molecular weight is 443 g/mol. The second-order valence-electron chi connectivity index (χ2n) is 8.76. The van der Waals surface area contributed by atoms with Gasteiger partial charge in [-0.1, -0.05) is 54.6 Å². The zero-order valence-corrected chi connectivity index (χ0v) is 17.8. The molecule has 1 aliphatic carbocycles. The van der Waals surface area contributed by atoms with Crippen LogP contribution in [-0.2, 0) is 9.59 Å². The van der Waals surface area contributed by atoms with E-state index in [9.17, 15) is 14.0 Å². The molecule has 8 heteroatoms. The van der Waals surface area contributed by atoms with E-state index >= 15 is 0 Å². The average Bonchev–Trinajstić information content (AvgIpc) is 3.38. The van der Waals surface area contributed by atoms with Crippen LogP contribution in [0.5, 0.6) is 0 Å². The van der Waals surface area contributed by atoms with Crippen molar-refractivity contribution in [3.05, 3.63) is 83.7 Å². The van der Waals surface area contributed by atoms with E-state index in [2.05, 4.69) is 15.4 Å². The minimum Gasteiger partial charge on any atom is -0.347 e. The predicted octanol–water partition coefficient (Wildman–Crippen LogP) is 4.02. The Bertz CT molecular complexity index is 1230. The van der Waals surface area contributed by atoms with Crippen LogP contribution in [-0.4, -0.2) is 26.6 Å². The van der Waals surface area contributed by atoms with Crippen LogP contribution in [0.3, 0.4) is 0 Å². The Hall–Kier alpha value is -3.81. The molecule has 1 fully saturated rings. The molecule has 1 N–H and O–H groups in total. The molecule has 3 aliphatic rings. The van der Waals surface area contributed by atoms with Gasteiger partial charge in [0.1, 0.15) is 5.82 Å². The fraction of sp³-hybridized carbons (Fsp3) is 0.280. The molecule has 7 nitrogen and oxygen atoms in total. The quantitative estimate of drug-likeness (QED) is 0.489. The number of carbonyl (C=O) groups excluding carboxylic acids is 2. The first-order valence-electron chi connectivity index (χ1n) is 11.2. The molecule has 4 atom stereocenters. The molecule has 0 spiro atoms. The van der Waals surface area contributed by atoms with Gasteiger partial charge >= 0.3 is 0 Å². The molecule has 33 heavy (non-hydrogen) atoms. The number of rotatable bonds is 3. The van der Waals surface area contributed by atoms with Gasteiger partial charge in [0.15, 0.2) is 0 Å². The summed E-state index contributed by atoms with van der Waals surface area (Å²) >= 11 is 0. The van der Waals surface area contributed by atoms with E-state index in [1.54, 1.807) is 16.8 Å². The minimum atomic E-state index is -0.346. The van der Waals surface area contributed by atoms with Gasteiger partial charge in [-0.05, 0) is 42.5 Å². The lowest BCUT2D eigenvalue weighted by molar-refractivity contribution is -0.122. The lowest BCUT2D eigenvalue weighted by atomic mass is 9.85. The molecule has 2 aromatic carbocycles. The van der Waals surface area contributed by atoms with Crippen LogP contribution >= 0.6 is 0 Å². The number of anilines is 2. The Morgan fingerprint density at radius 2 is 1.55 bits per heavy atom. The molecule has 2 amide bonds. The van der Waals surface area contributed by atoms with Gasteiger partial charge in [0.05, 0.1) is 23.9 Å². The predicted molar refractivity (Wildman–Crippen MR) is 120 cm³/mol. The van der Waals surface area contributed by atoms with E-state index in [0.29, 0.717) is 25.2 Å². The Balaban J connectivity index is 1.41. The number of carbonyl (C=O) groups is 2. The second-order valence-corrected chi connectivity index (χ2v) is 8.76. The van der Waals surface area contributed by atoms with Gasteiger partial charge in [-0.3, -0.25) is 9.59 Å². The summed E-state index contributed by atoms with van der Waals surface area (Å²) in [5.41, 5.74) is 1.97. The fourth-order valence-electron chi connectivity index (χ4n) is 5.12. The molecular formula is C25H22FN5O2. The highest BCUT2D eigenvalue weighted by molar-refractivity contribution is 6.21. The number of allylic oxidation sites excluding steroid dienone is 2. The van der Waals surface area contributed by atoms with Crippen molar-refractivity contribution in [2.45, 2.75) is 31.3 Å². The van der Waals surface area contributed by atoms with Crippen molar-refractivity contribution in [3.63, 3.8) is 0 Å². The van der Waals surface area contributed by atoms with Crippen molar-refractivity contribution in [1.29, 1.82) is 0 Å². The number of benzene rings is 2. The maximum Gasteiger partial charge on any atom is 0.260 e. The van der Waals surface area contributed by atoms with Crippen LogP contribution in [0.1, 0.15) is 42.5 Å². The van der Waals surface area contributed by atoms with Crippen LogP contribution in [0, 0.1) is 17.7 Å². The molecule has 0 saturated carbocycles. The molecular weight excluding hydrogens is 421 g/mol. The van der Waals surface area contributed by atoms with Gasteiger partial charge < -0.3 is 5.32 Å². The summed E-state index contributed by atoms with van der Waals surface area (Å²) in [5, 5.41) is 8.03. The van der Waals surface area contributed by atoms with Crippen molar-refractivity contribution in [2.24, 2.45) is 11.8 Å². The van der Waals surface area contributed by atoms with Crippen LogP contribution < -0.4 is 10.2 Å². The highest BCUT2D eigenvalue weighted by Gasteiger charge is 2.49. The smallest absolute Gasteiger partial charge is 0.260 e. The van der Waals surface area contributed by atoms with Crippen molar-refractivity contribution < 1.29 is 14.0 Å². The van der Waals surface area contributed by atoms with Gasteiger partial charge in [-0.2, -0.15) is 4.98 Å². The fourth-order valence-corrected chi connectivity index (χ4v) is 5.12. The van der Waals surface area contributed by atoms with E-state index in [1.165, 1.54) is 12.1 Å². The third kappa shape index (κ3) is 3.25. The summed E-state index contributed by atoms with van der Waals surface area (Å²) in [6.45, 7) is 0. The molecule has 0 radical (unpaired) electrons. The molecule has 3 heterocycles. The monoisotopic (exact) mass is 443 g/mol. The van der Waals surface area contributed by atoms with Gasteiger partial charge in [-0.15, -0.1) is 5.10 Å². The van der Waals surface area contributed by atoms with E-state index in [-0.39, 0.29) is 47.5 Å². The van der Waals surface area contributed by atoms with Gasteiger partial charge in [0, 0.05) is 0 Å². The summed E-state index contributed by atoms with van der Waals surface area (Å²) in [4.78, 5) is 31.9. The van der Waals surface area contributed by atoms with Gasteiger partial charge in [0.25, 0.3) is 5.95 Å². The molecule has 1 saturated heterocycles. The number of hydrogen-bond donors (Lipinski definition) is 1. The third-order valence-corrected chi connectivity index (χ3v) is 6.84. The first-order valence-corrected chi connectivity index (χ1v) is 11.2. The first kappa shape index (κ1) is 19.8. The summed E-state index contributed by atoms with van der Waals surface area (Å²) < 4.78 is 15.3. The zero-order valence-electron chi connectivity index (χ0n) is 17.8. The maximum atomic E-state index is 13.6. The zero-order chi connectivity index (χ0) is 22.5. The number of nitrogens with one attached hydrogen (secondary N) is 1. The van der Waals surface area contributed by atoms with Crippen LogP contribution in [0.15, 0.2) is 66.7 Å². The van der Waals surface area contributed by atoms with Gasteiger partial charge in [-0.25, -0.2) is 14.0 Å². The Labute approximate surface area is 189 Å². The molecule has 0 unspecified atom stereocenters. The van der Waals surface area contributed by atoms with Crippen LogP contribution in [0.4, 0.5) is 16.3 Å². The number of halogens is 1. The van der Waals surface area contributed by atoms with Gasteiger partial charge in [0.2, 0.25) is 17.8 Å². The highest BCUT2D eigenvalue weighted by atomic mass is 19.1. The first-order chi connectivity index (χ1) is 16.1. The maximum absolute atomic E-state index is 13.6. The molecule has 6 rings (SSSR count). The third-order valence-electron chi connectivity index (χ3n) is 6.84. The van der Waals surface area contributed by atoms with Crippen molar-refractivity contribution >= 4 is 23.7 Å². The second kappa shape index (κ2) is 7.65. The number of imide groups is 1. The Kier molecular flexibility index (Phi) is 4.60. The van der Waals surface area contributed by atoms with Crippen molar-refractivity contribution in [3.8, 4) is 0 Å². The standard InChI is InChI=1S/C25H22FN5O2/c26-17-12-10-16(11-13-17)21-14-20(15-6-2-1-3-7-15)27-24-28-25(29-31(21)24)30-22(32)18-8-4-5-9-19(18)23(30)33/h1-7,10-13,18-21H,8-9,14H2,(H,27,28,29)/t18-,19+,20-,21-/m1/s1. The van der Waals surface area contributed by atoms with E-state index in [0.717, 1.165) is 16.0 Å².